The monoisotopic (exact) mass is 319 g/mol. The van der Waals surface area contributed by atoms with Gasteiger partial charge < -0.3 is 10.0 Å². The van der Waals surface area contributed by atoms with Crippen LogP contribution in [0.25, 0.3) is 6.08 Å². The SMILES string of the molecule is O=C(O)CCC1CCCCN1C(=O)CC=Cc1cccc(F)c1. The molecule has 1 aromatic carbocycles. The second kappa shape index (κ2) is 8.46. The van der Waals surface area contributed by atoms with Crippen LogP contribution in [0.2, 0.25) is 0 Å². The number of piperidine rings is 1. The molecule has 0 spiro atoms. The average molecular weight is 319 g/mol. The summed E-state index contributed by atoms with van der Waals surface area (Å²) in [6.45, 7) is 0.691. The van der Waals surface area contributed by atoms with Crippen LogP contribution in [0.15, 0.2) is 30.3 Å². The molecule has 1 aromatic rings. The number of aliphatic carboxylic acids is 1. The van der Waals surface area contributed by atoms with Gasteiger partial charge in [-0.15, -0.1) is 0 Å². The van der Waals surface area contributed by atoms with Crippen molar-refractivity contribution >= 4 is 18.0 Å². The van der Waals surface area contributed by atoms with Crippen molar-refractivity contribution in [2.45, 2.75) is 44.6 Å². The van der Waals surface area contributed by atoms with Crippen molar-refractivity contribution in [3.05, 3.63) is 41.7 Å². The Hall–Kier alpha value is -2.17. The van der Waals surface area contributed by atoms with E-state index in [1.807, 2.05) is 4.90 Å². The minimum atomic E-state index is -0.825. The highest BCUT2D eigenvalue weighted by Gasteiger charge is 2.26. The summed E-state index contributed by atoms with van der Waals surface area (Å²) in [6.07, 6.45) is 7.18. The van der Waals surface area contributed by atoms with E-state index in [0.717, 1.165) is 24.8 Å². The van der Waals surface area contributed by atoms with E-state index in [0.29, 0.717) is 13.0 Å². The van der Waals surface area contributed by atoms with Crippen molar-refractivity contribution in [2.75, 3.05) is 6.54 Å². The number of benzene rings is 1. The summed E-state index contributed by atoms with van der Waals surface area (Å²) in [5, 5.41) is 8.81. The smallest absolute Gasteiger partial charge is 0.303 e. The van der Waals surface area contributed by atoms with Crippen molar-refractivity contribution < 1.29 is 19.1 Å². The standard InChI is InChI=1S/C18H22FNO3/c19-15-7-3-5-14(13-15)6-4-9-17(21)20-12-2-1-8-16(20)10-11-18(22)23/h3-7,13,16H,1-2,8-12H2,(H,22,23). The van der Waals surface area contributed by atoms with Gasteiger partial charge in [-0.2, -0.15) is 0 Å². The lowest BCUT2D eigenvalue weighted by Crippen LogP contribution is -2.43. The number of hydrogen-bond donors (Lipinski definition) is 1. The van der Waals surface area contributed by atoms with Gasteiger partial charge in [-0.05, 0) is 43.4 Å². The second-order valence-electron chi connectivity index (χ2n) is 5.83. The van der Waals surface area contributed by atoms with Crippen molar-refractivity contribution in [1.82, 2.24) is 4.90 Å². The van der Waals surface area contributed by atoms with Gasteiger partial charge in [-0.1, -0.05) is 24.3 Å². The molecule has 4 nitrogen and oxygen atoms in total. The third-order valence-corrected chi connectivity index (χ3v) is 4.09. The Kier molecular flexibility index (Phi) is 6.32. The molecule has 0 radical (unpaired) electrons. The molecular weight excluding hydrogens is 297 g/mol. The lowest BCUT2D eigenvalue weighted by atomic mass is 9.97. The predicted octanol–water partition coefficient (Wildman–Crippen LogP) is 3.47. The molecule has 1 heterocycles. The number of carbonyl (C=O) groups is 2. The fraction of sp³-hybridized carbons (Fsp3) is 0.444. The normalized spacial score (nSPS) is 18.3. The molecule has 0 bridgehead atoms. The van der Waals surface area contributed by atoms with Crippen LogP contribution in [0, 0.1) is 5.82 Å². The maximum atomic E-state index is 13.1. The van der Waals surface area contributed by atoms with Crippen molar-refractivity contribution in [2.24, 2.45) is 0 Å². The van der Waals surface area contributed by atoms with Gasteiger partial charge in [0.25, 0.3) is 0 Å². The predicted molar refractivity (Wildman–Crippen MR) is 86.3 cm³/mol. The van der Waals surface area contributed by atoms with Crippen LogP contribution < -0.4 is 0 Å². The molecule has 1 N–H and O–H groups in total. The largest absolute Gasteiger partial charge is 0.481 e. The van der Waals surface area contributed by atoms with E-state index in [9.17, 15) is 14.0 Å². The summed E-state index contributed by atoms with van der Waals surface area (Å²) in [5.74, 6) is -1.12. The summed E-state index contributed by atoms with van der Waals surface area (Å²) in [7, 11) is 0. The number of amides is 1. The molecular formula is C18H22FNO3. The summed E-state index contributed by atoms with van der Waals surface area (Å²) < 4.78 is 13.1. The Bertz CT molecular complexity index is 585. The molecule has 1 saturated heterocycles. The summed E-state index contributed by atoms with van der Waals surface area (Å²) in [5.41, 5.74) is 0.721. The zero-order valence-corrected chi connectivity index (χ0v) is 13.1. The van der Waals surface area contributed by atoms with Gasteiger partial charge in [0.05, 0.1) is 0 Å². The highest BCUT2D eigenvalue weighted by molar-refractivity contribution is 5.79. The molecule has 1 atom stereocenters. The third-order valence-electron chi connectivity index (χ3n) is 4.09. The van der Waals surface area contributed by atoms with Crippen LogP contribution in [0.1, 0.15) is 44.1 Å². The average Bonchev–Trinajstić information content (AvgIpc) is 2.53. The maximum absolute atomic E-state index is 13.1. The van der Waals surface area contributed by atoms with E-state index in [1.165, 1.54) is 12.1 Å². The minimum absolute atomic E-state index is 0.00717. The summed E-state index contributed by atoms with van der Waals surface area (Å²) in [4.78, 5) is 24.9. The first-order valence-corrected chi connectivity index (χ1v) is 7.99. The van der Waals surface area contributed by atoms with E-state index in [2.05, 4.69) is 0 Å². The zero-order chi connectivity index (χ0) is 16.7. The van der Waals surface area contributed by atoms with Gasteiger partial charge in [0.1, 0.15) is 5.82 Å². The molecule has 1 amide bonds. The van der Waals surface area contributed by atoms with Crippen LogP contribution in [0.5, 0.6) is 0 Å². The lowest BCUT2D eigenvalue weighted by Gasteiger charge is -2.35. The zero-order valence-electron chi connectivity index (χ0n) is 13.1. The number of carboxylic acid groups (broad SMARTS) is 1. The van der Waals surface area contributed by atoms with Crippen LogP contribution in [0.4, 0.5) is 4.39 Å². The maximum Gasteiger partial charge on any atom is 0.303 e. The van der Waals surface area contributed by atoms with E-state index < -0.39 is 5.97 Å². The molecule has 124 valence electrons. The van der Waals surface area contributed by atoms with Crippen molar-refractivity contribution in [3.8, 4) is 0 Å². The molecule has 0 aliphatic carbocycles. The number of halogens is 1. The van der Waals surface area contributed by atoms with E-state index in [1.54, 1.807) is 24.3 Å². The molecule has 23 heavy (non-hydrogen) atoms. The van der Waals surface area contributed by atoms with Crippen LogP contribution in [-0.4, -0.2) is 34.5 Å². The Morgan fingerprint density at radius 3 is 2.91 bits per heavy atom. The fourth-order valence-corrected chi connectivity index (χ4v) is 2.94. The minimum Gasteiger partial charge on any atom is -0.481 e. The van der Waals surface area contributed by atoms with E-state index in [-0.39, 0.29) is 30.6 Å². The quantitative estimate of drug-likeness (QED) is 0.873. The van der Waals surface area contributed by atoms with Crippen molar-refractivity contribution in [1.29, 1.82) is 0 Å². The second-order valence-corrected chi connectivity index (χ2v) is 5.83. The topological polar surface area (TPSA) is 57.6 Å². The third kappa shape index (κ3) is 5.51. The number of likely N-dealkylation sites (tertiary alicyclic amines) is 1. The number of nitrogens with zero attached hydrogens (tertiary/aromatic N) is 1. The Morgan fingerprint density at radius 2 is 2.17 bits per heavy atom. The Labute approximate surface area is 135 Å². The number of hydrogen-bond acceptors (Lipinski definition) is 2. The molecule has 2 rings (SSSR count). The molecule has 1 aliphatic rings. The van der Waals surface area contributed by atoms with Gasteiger partial charge in [0.2, 0.25) is 5.91 Å². The van der Waals surface area contributed by atoms with Gasteiger partial charge in [-0.3, -0.25) is 9.59 Å². The van der Waals surface area contributed by atoms with Crippen LogP contribution in [-0.2, 0) is 9.59 Å². The van der Waals surface area contributed by atoms with Gasteiger partial charge in [0.15, 0.2) is 0 Å². The number of rotatable bonds is 6. The molecule has 0 aromatic heterocycles. The lowest BCUT2D eigenvalue weighted by molar-refractivity contribution is -0.139. The number of carbonyl (C=O) groups excluding carboxylic acids is 1. The fourth-order valence-electron chi connectivity index (χ4n) is 2.94. The summed E-state index contributed by atoms with van der Waals surface area (Å²) in [6, 6.07) is 6.22. The van der Waals surface area contributed by atoms with Crippen LogP contribution in [0.3, 0.4) is 0 Å². The van der Waals surface area contributed by atoms with Gasteiger partial charge >= 0.3 is 5.97 Å². The Morgan fingerprint density at radius 1 is 1.35 bits per heavy atom. The molecule has 0 saturated carbocycles. The van der Waals surface area contributed by atoms with E-state index >= 15 is 0 Å². The molecule has 1 unspecified atom stereocenters. The highest BCUT2D eigenvalue weighted by atomic mass is 19.1. The van der Waals surface area contributed by atoms with Crippen LogP contribution >= 0.6 is 0 Å². The first-order valence-electron chi connectivity index (χ1n) is 7.99. The highest BCUT2D eigenvalue weighted by Crippen LogP contribution is 2.22. The molecule has 1 fully saturated rings. The Balaban J connectivity index is 1.90. The van der Waals surface area contributed by atoms with Gasteiger partial charge in [-0.25, -0.2) is 4.39 Å². The van der Waals surface area contributed by atoms with E-state index in [4.69, 9.17) is 5.11 Å². The first-order chi connectivity index (χ1) is 11.1. The first kappa shape index (κ1) is 17.2. The van der Waals surface area contributed by atoms with Crippen molar-refractivity contribution in [3.63, 3.8) is 0 Å². The molecule has 1 aliphatic heterocycles. The van der Waals surface area contributed by atoms with Gasteiger partial charge in [0, 0.05) is 25.4 Å². The number of carboxylic acids is 1. The summed E-state index contributed by atoms with van der Waals surface area (Å²) >= 11 is 0. The molecule has 5 heteroatoms.